The Morgan fingerprint density at radius 2 is 1.63 bits per heavy atom. The summed E-state index contributed by atoms with van der Waals surface area (Å²) in [6, 6.07) is 4.99. The topological polar surface area (TPSA) is 143 Å². The minimum absolute atomic E-state index is 0.306. The van der Waals surface area contributed by atoms with Crippen molar-refractivity contribution >= 4 is 40.1 Å². The van der Waals surface area contributed by atoms with Gasteiger partial charge in [-0.15, -0.1) is 0 Å². The van der Waals surface area contributed by atoms with Gasteiger partial charge in [0.25, 0.3) is 0 Å². The molecule has 0 bridgehead atoms. The lowest BCUT2D eigenvalue weighted by molar-refractivity contribution is 0.315. The average molecular weight is 275 g/mol. The summed E-state index contributed by atoms with van der Waals surface area (Å²) in [7, 11) is 0. The highest BCUT2D eigenvalue weighted by Gasteiger charge is 2.13. The van der Waals surface area contributed by atoms with E-state index in [4.69, 9.17) is 17.2 Å². The second kappa shape index (κ2) is 4.28. The lowest BCUT2D eigenvalue weighted by Crippen LogP contribution is -1.99. The molecule has 6 N–H and O–H groups in total. The van der Waals surface area contributed by atoms with Crippen LogP contribution in [0, 0.1) is 0 Å². The number of anilines is 3. The van der Waals surface area contributed by atoms with Crippen LogP contribution in [0.5, 0.6) is 0 Å². The number of fused-ring (bicyclic) bond motifs is 1. The number of aromatic nitrogens is 4. The molecule has 0 aliphatic heterocycles. The predicted octanol–water partition coefficient (Wildman–Crippen LogP) is 0.911. The van der Waals surface area contributed by atoms with Gasteiger partial charge in [-0.1, -0.05) is 0 Å². The van der Waals surface area contributed by atoms with Gasteiger partial charge in [0.05, 0.1) is 5.69 Å². The lowest BCUT2D eigenvalue weighted by Gasteiger charge is -2.03. The third kappa shape index (κ3) is 2.10. The summed E-state index contributed by atoms with van der Waals surface area (Å²) in [4.78, 5) is 8.92. The van der Waals surface area contributed by atoms with E-state index in [0.29, 0.717) is 33.5 Å². The molecular weight excluding hydrogens is 266 g/mol. The standard InChI is InChI=1S/C10H9N7OS/c11-4-1-2-5(9-8(4)16-18-17-9)19-10-14-6(12)3-7(13)15-10/h1-3H,11H2,(H4,12,13,14,15). The van der Waals surface area contributed by atoms with E-state index in [0.717, 1.165) is 4.90 Å². The molecule has 8 nitrogen and oxygen atoms in total. The van der Waals surface area contributed by atoms with Gasteiger partial charge in [0, 0.05) is 11.0 Å². The largest absolute Gasteiger partial charge is 0.397 e. The Morgan fingerprint density at radius 3 is 2.37 bits per heavy atom. The van der Waals surface area contributed by atoms with Crippen molar-refractivity contribution in [2.45, 2.75) is 10.1 Å². The highest BCUT2D eigenvalue weighted by molar-refractivity contribution is 7.99. The van der Waals surface area contributed by atoms with Crippen LogP contribution in [0.2, 0.25) is 0 Å². The van der Waals surface area contributed by atoms with Crippen LogP contribution in [0.25, 0.3) is 11.0 Å². The Bertz CT molecular complexity index is 736. The number of hydrogen-bond donors (Lipinski definition) is 3. The molecule has 2 heterocycles. The third-order valence-corrected chi connectivity index (χ3v) is 3.27. The molecule has 0 aliphatic carbocycles. The van der Waals surface area contributed by atoms with Gasteiger partial charge < -0.3 is 17.2 Å². The molecule has 0 amide bonds. The van der Waals surface area contributed by atoms with E-state index in [2.05, 4.69) is 24.9 Å². The van der Waals surface area contributed by atoms with Gasteiger partial charge in [0.1, 0.15) is 11.6 Å². The van der Waals surface area contributed by atoms with Gasteiger partial charge in [0.2, 0.25) is 0 Å². The zero-order chi connectivity index (χ0) is 13.4. The Labute approximate surface area is 111 Å². The van der Waals surface area contributed by atoms with Crippen LogP contribution in [0.1, 0.15) is 0 Å². The van der Waals surface area contributed by atoms with Crippen molar-refractivity contribution in [1.82, 2.24) is 20.3 Å². The summed E-state index contributed by atoms with van der Waals surface area (Å²) in [6.45, 7) is 0. The highest BCUT2D eigenvalue weighted by Crippen LogP contribution is 2.33. The highest BCUT2D eigenvalue weighted by atomic mass is 32.2. The van der Waals surface area contributed by atoms with E-state index in [9.17, 15) is 0 Å². The average Bonchev–Trinajstić information content (AvgIpc) is 2.81. The number of benzene rings is 1. The van der Waals surface area contributed by atoms with E-state index in [1.54, 1.807) is 12.1 Å². The molecule has 3 aromatic rings. The predicted molar refractivity (Wildman–Crippen MR) is 71.2 cm³/mol. The molecule has 0 saturated carbocycles. The summed E-state index contributed by atoms with van der Waals surface area (Å²) in [5.74, 6) is 0.611. The zero-order valence-corrected chi connectivity index (χ0v) is 10.4. The fourth-order valence-electron chi connectivity index (χ4n) is 1.55. The van der Waals surface area contributed by atoms with Crippen LogP contribution in [-0.2, 0) is 0 Å². The molecule has 9 heteroatoms. The summed E-state index contributed by atoms with van der Waals surface area (Å²) >= 11 is 1.26. The van der Waals surface area contributed by atoms with Crippen LogP contribution in [0.3, 0.4) is 0 Å². The van der Waals surface area contributed by atoms with Crippen LogP contribution >= 0.6 is 11.8 Å². The van der Waals surface area contributed by atoms with Crippen molar-refractivity contribution in [2.75, 3.05) is 17.2 Å². The second-order valence-electron chi connectivity index (χ2n) is 3.72. The molecule has 0 spiro atoms. The maximum Gasteiger partial charge on any atom is 0.196 e. The molecule has 0 radical (unpaired) electrons. The fourth-order valence-corrected chi connectivity index (χ4v) is 2.42. The first-order valence-corrected chi connectivity index (χ1v) is 6.04. The van der Waals surface area contributed by atoms with Gasteiger partial charge in [-0.3, -0.25) is 0 Å². The molecule has 0 aliphatic rings. The van der Waals surface area contributed by atoms with E-state index in [1.807, 2.05) is 0 Å². The maximum absolute atomic E-state index is 5.77. The van der Waals surface area contributed by atoms with Crippen molar-refractivity contribution in [2.24, 2.45) is 0 Å². The quantitative estimate of drug-likeness (QED) is 0.459. The number of nitrogens with zero attached hydrogens (tertiary/aromatic N) is 4. The maximum atomic E-state index is 5.77. The van der Waals surface area contributed by atoms with E-state index < -0.39 is 0 Å². The van der Waals surface area contributed by atoms with E-state index >= 15 is 0 Å². The molecule has 3 rings (SSSR count). The fraction of sp³-hybridized carbons (Fsp3) is 0. The number of hydrogen-bond acceptors (Lipinski definition) is 9. The number of nitrogen functional groups attached to an aromatic ring is 3. The Kier molecular flexibility index (Phi) is 2.60. The number of nitrogens with two attached hydrogens (primary N) is 3. The summed E-state index contributed by atoms with van der Waals surface area (Å²) in [5, 5.41) is 7.98. The van der Waals surface area contributed by atoms with Crippen molar-refractivity contribution in [3.05, 3.63) is 18.2 Å². The minimum atomic E-state index is 0.306. The molecule has 96 valence electrons. The Balaban J connectivity index is 2.06. The molecule has 0 unspecified atom stereocenters. The van der Waals surface area contributed by atoms with Crippen LogP contribution in [-0.4, -0.2) is 20.3 Å². The first-order chi connectivity index (χ1) is 9.13. The molecular formula is C10H9N7OS. The van der Waals surface area contributed by atoms with Gasteiger partial charge in [-0.05, 0) is 34.2 Å². The first kappa shape index (κ1) is 11.5. The minimum Gasteiger partial charge on any atom is -0.397 e. The molecule has 19 heavy (non-hydrogen) atoms. The Morgan fingerprint density at radius 1 is 0.947 bits per heavy atom. The van der Waals surface area contributed by atoms with Gasteiger partial charge in [-0.2, -0.15) is 0 Å². The third-order valence-electron chi connectivity index (χ3n) is 2.36. The number of rotatable bonds is 2. The molecule has 2 aromatic heterocycles. The summed E-state index contributed by atoms with van der Waals surface area (Å²) in [5.41, 5.74) is 18.6. The Hall–Kier alpha value is -2.55. The zero-order valence-electron chi connectivity index (χ0n) is 9.57. The van der Waals surface area contributed by atoms with Gasteiger partial charge >= 0.3 is 0 Å². The SMILES string of the molecule is Nc1cc(N)nc(Sc2ccc(N)c3nonc23)n1. The van der Waals surface area contributed by atoms with Crippen LogP contribution < -0.4 is 17.2 Å². The molecule has 0 saturated heterocycles. The molecule has 0 fully saturated rings. The van der Waals surface area contributed by atoms with E-state index in [-0.39, 0.29) is 0 Å². The first-order valence-electron chi connectivity index (χ1n) is 5.22. The normalized spacial score (nSPS) is 10.9. The van der Waals surface area contributed by atoms with Crippen LogP contribution in [0.4, 0.5) is 17.3 Å². The van der Waals surface area contributed by atoms with Crippen molar-refractivity contribution in [1.29, 1.82) is 0 Å². The lowest BCUT2D eigenvalue weighted by atomic mass is 10.3. The van der Waals surface area contributed by atoms with Crippen molar-refractivity contribution in [3.8, 4) is 0 Å². The van der Waals surface area contributed by atoms with E-state index in [1.165, 1.54) is 17.8 Å². The second-order valence-corrected chi connectivity index (χ2v) is 4.73. The smallest absolute Gasteiger partial charge is 0.196 e. The molecule has 0 atom stereocenters. The van der Waals surface area contributed by atoms with Crippen LogP contribution in [0.15, 0.2) is 32.9 Å². The van der Waals surface area contributed by atoms with Gasteiger partial charge in [0.15, 0.2) is 16.2 Å². The van der Waals surface area contributed by atoms with Gasteiger partial charge in [-0.25, -0.2) is 14.6 Å². The monoisotopic (exact) mass is 275 g/mol. The van der Waals surface area contributed by atoms with Crippen molar-refractivity contribution < 1.29 is 4.63 Å². The summed E-state index contributed by atoms with van der Waals surface area (Å²) < 4.78 is 4.69. The van der Waals surface area contributed by atoms with Crippen molar-refractivity contribution in [3.63, 3.8) is 0 Å². The molecule has 1 aromatic carbocycles. The summed E-state index contributed by atoms with van der Waals surface area (Å²) in [6.07, 6.45) is 0.